The molecule has 29 heavy (non-hydrogen) atoms. The van der Waals surface area contributed by atoms with Crippen molar-refractivity contribution in [2.45, 2.75) is 11.8 Å². The summed E-state index contributed by atoms with van der Waals surface area (Å²) in [6, 6.07) is 13.8. The van der Waals surface area contributed by atoms with Gasteiger partial charge in [-0.25, -0.2) is 8.42 Å². The summed E-state index contributed by atoms with van der Waals surface area (Å²) in [5.41, 5.74) is 0.733. The molecular weight excluding hydrogens is 398 g/mol. The number of esters is 1. The summed E-state index contributed by atoms with van der Waals surface area (Å²) in [4.78, 5) is 35.4. The van der Waals surface area contributed by atoms with Gasteiger partial charge in [0, 0.05) is 17.8 Å². The molecule has 0 atom stereocenters. The van der Waals surface area contributed by atoms with Gasteiger partial charge in [-0.2, -0.15) is 4.72 Å². The minimum atomic E-state index is -3.85. The zero-order chi connectivity index (χ0) is 21.3. The first kappa shape index (κ1) is 22.1. The van der Waals surface area contributed by atoms with E-state index in [0.29, 0.717) is 17.8 Å². The van der Waals surface area contributed by atoms with E-state index in [4.69, 9.17) is 4.74 Å². The molecule has 0 unspecified atom stereocenters. The molecule has 0 heterocycles. The normalized spacial score (nSPS) is 10.8. The lowest BCUT2D eigenvalue weighted by molar-refractivity contribution is -0.146. The number of nitrogens with one attached hydrogen (secondary N) is 3. The fourth-order valence-corrected chi connectivity index (χ4v) is 3.22. The van der Waals surface area contributed by atoms with Crippen LogP contribution in [-0.2, 0) is 24.3 Å². The largest absolute Gasteiger partial charge is 0.455 e. The smallest absolute Gasteiger partial charge is 0.321 e. The van der Waals surface area contributed by atoms with Crippen molar-refractivity contribution in [2.24, 2.45) is 0 Å². The van der Waals surface area contributed by atoms with E-state index < -0.39 is 35.1 Å². The van der Waals surface area contributed by atoms with Crippen LogP contribution in [0.3, 0.4) is 0 Å². The molecular formula is C19H21N3O6S. The van der Waals surface area contributed by atoms with Gasteiger partial charge in [0.1, 0.15) is 6.54 Å². The van der Waals surface area contributed by atoms with Gasteiger partial charge in [-0.15, -0.1) is 0 Å². The SMILES string of the molecule is CCNC(=O)c1cccc(NC(=O)COC(=O)CNS(=O)(=O)c2ccccc2)c1. The molecule has 2 rings (SSSR count). The zero-order valence-corrected chi connectivity index (χ0v) is 16.5. The number of sulfonamides is 1. The van der Waals surface area contributed by atoms with E-state index in [0.717, 1.165) is 0 Å². The number of rotatable bonds is 9. The molecule has 0 saturated heterocycles. The average Bonchev–Trinajstić information content (AvgIpc) is 2.72. The van der Waals surface area contributed by atoms with Crippen molar-refractivity contribution in [1.29, 1.82) is 0 Å². The van der Waals surface area contributed by atoms with Crippen LogP contribution in [0.2, 0.25) is 0 Å². The Morgan fingerprint density at radius 3 is 2.41 bits per heavy atom. The van der Waals surface area contributed by atoms with Crippen LogP contribution < -0.4 is 15.4 Å². The summed E-state index contributed by atoms with van der Waals surface area (Å²) in [5.74, 6) is -1.81. The van der Waals surface area contributed by atoms with Crippen molar-refractivity contribution in [3.63, 3.8) is 0 Å². The van der Waals surface area contributed by atoms with Gasteiger partial charge < -0.3 is 15.4 Å². The highest BCUT2D eigenvalue weighted by atomic mass is 32.2. The molecule has 3 N–H and O–H groups in total. The van der Waals surface area contributed by atoms with Crippen LogP contribution in [0.1, 0.15) is 17.3 Å². The fourth-order valence-electron chi connectivity index (χ4n) is 2.23. The van der Waals surface area contributed by atoms with Crippen molar-refractivity contribution in [3.8, 4) is 0 Å². The number of hydrogen-bond acceptors (Lipinski definition) is 6. The first-order valence-electron chi connectivity index (χ1n) is 8.70. The minimum Gasteiger partial charge on any atom is -0.455 e. The van der Waals surface area contributed by atoms with Crippen molar-refractivity contribution >= 4 is 33.5 Å². The van der Waals surface area contributed by atoms with E-state index in [1.165, 1.54) is 18.2 Å². The summed E-state index contributed by atoms with van der Waals surface area (Å²) in [5, 5.41) is 5.14. The van der Waals surface area contributed by atoms with Crippen LogP contribution in [0.15, 0.2) is 59.5 Å². The van der Waals surface area contributed by atoms with Gasteiger partial charge in [-0.05, 0) is 37.3 Å². The second-order valence-corrected chi connectivity index (χ2v) is 7.55. The van der Waals surface area contributed by atoms with Gasteiger partial charge in [0.05, 0.1) is 4.90 Å². The van der Waals surface area contributed by atoms with Crippen molar-refractivity contribution in [2.75, 3.05) is 25.0 Å². The molecule has 0 spiro atoms. The highest BCUT2D eigenvalue weighted by molar-refractivity contribution is 7.89. The first-order chi connectivity index (χ1) is 13.8. The maximum absolute atomic E-state index is 12.0. The molecule has 0 aliphatic carbocycles. The van der Waals surface area contributed by atoms with E-state index in [9.17, 15) is 22.8 Å². The van der Waals surface area contributed by atoms with Crippen molar-refractivity contribution in [3.05, 3.63) is 60.2 Å². The summed E-state index contributed by atoms with van der Waals surface area (Å²) in [7, 11) is -3.85. The van der Waals surface area contributed by atoms with Crippen molar-refractivity contribution < 1.29 is 27.5 Å². The summed E-state index contributed by atoms with van der Waals surface area (Å²) < 4.78 is 30.9. The predicted molar refractivity (Wildman–Crippen MR) is 106 cm³/mol. The van der Waals surface area contributed by atoms with Crippen LogP contribution in [0.25, 0.3) is 0 Å². The maximum Gasteiger partial charge on any atom is 0.321 e. The number of carbonyl (C=O) groups excluding carboxylic acids is 3. The number of benzene rings is 2. The number of carbonyl (C=O) groups is 3. The van der Waals surface area contributed by atoms with Crippen LogP contribution in [0.5, 0.6) is 0 Å². The third-order valence-corrected chi connectivity index (χ3v) is 4.99. The molecule has 2 aromatic carbocycles. The van der Waals surface area contributed by atoms with Gasteiger partial charge in [0.15, 0.2) is 6.61 Å². The molecule has 10 heteroatoms. The summed E-state index contributed by atoms with van der Waals surface area (Å²) in [6.45, 7) is 1.05. The molecule has 0 bridgehead atoms. The van der Waals surface area contributed by atoms with Gasteiger partial charge in [0.25, 0.3) is 11.8 Å². The maximum atomic E-state index is 12.0. The van der Waals surface area contributed by atoms with Crippen LogP contribution >= 0.6 is 0 Å². The minimum absolute atomic E-state index is 0.0116. The standard InChI is InChI=1S/C19H21N3O6S/c1-2-20-19(25)14-7-6-8-15(11-14)22-17(23)13-28-18(24)12-21-29(26,27)16-9-4-3-5-10-16/h3-11,21H,2,12-13H2,1H3,(H,20,25)(H,22,23). The molecule has 0 aliphatic rings. The van der Waals surface area contributed by atoms with Crippen LogP contribution in [0, 0.1) is 0 Å². The third-order valence-electron chi connectivity index (χ3n) is 3.57. The van der Waals surface area contributed by atoms with Gasteiger partial charge >= 0.3 is 5.97 Å². The number of anilines is 1. The molecule has 0 fully saturated rings. The number of amides is 2. The highest BCUT2D eigenvalue weighted by Gasteiger charge is 2.16. The monoisotopic (exact) mass is 419 g/mol. The fraction of sp³-hybridized carbons (Fsp3) is 0.211. The second-order valence-electron chi connectivity index (χ2n) is 5.79. The molecule has 0 saturated carbocycles. The first-order valence-corrected chi connectivity index (χ1v) is 10.2. The Bertz CT molecular complexity index is 976. The zero-order valence-electron chi connectivity index (χ0n) is 15.7. The molecule has 2 amide bonds. The van der Waals surface area contributed by atoms with Crippen molar-refractivity contribution in [1.82, 2.24) is 10.0 Å². The highest BCUT2D eigenvalue weighted by Crippen LogP contribution is 2.11. The lowest BCUT2D eigenvalue weighted by Gasteiger charge is -2.09. The third kappa shape index (κ3) is 7.01. The Morgan fingerprint density at radius 2 is 1.72 bits per heavy atom. The van der Waals surface area contributed by atoms with Crippen LogP contribution in [0.4, 0.5) is 5.69 Å². The van der Waals surface area contributed by atoms with Gasteiger partial charge in [0.2, 0.25) is 10.0 Å². The average molecular weight is 419 g/mol. The molecule has 2 aromatic rings. The van der Waals surface area contributed by atoms with E-state index in [-0.39, 0.29) is 10.8 Å². The quantitative estimate of drug-likeness (QED) is 0.518. The lowest BCUT2D eigenvalue weighted by Crippen LogP contribution is -2.32. The Kier molecular flexibility index (Phi) is 7.87. The number of hydrogen-bond donors (Lipinski definition) is 3. The Morgan fingerprint density at radius 1 is 1.00 bits per heavy atom. The number of ether oxygens (including phenoxy) is 1. The summed E-state index contributed by atoms with van der Waals surface area (Å²) >= 11 is 0. The Balaban J connectivity index is 1.81. The Hall–Kier alpha value is -3.24. The van der Waals surface area contributed by atoms with Gasteiger partial charge in [-0.3, -0.25) is 14.4 Å². The second kappa shape index (κ2) is 10.3. The molecule has 0 aliphatic heterocycles. The van der Waals surface area contributed by atoms with Gasteiger partial charge in [-0.1, -0.05) is 24.3 Å². The predicted octanol–water partition coefficient (Wildman–Crippen LogP) is 0.897. The topological polar surface area (TPSA) is 131 Å². The van der Waals surface area contributed by atoms with E-state index in [1.807, 2.05) is 0 Å². The van der Waals surface area contributed by atoms with E-state index >= 15 is 0 Å². The molecule has 0 radical (unpaired) electrons. The molecule has 154 valence electrons. The van der Waals surface area contributed by atoms with E-state index in [1.54, 1.807) is 43.3 Å². The Labute approximate surface area is 168 Å². The van der Waals surface area contributed by atoms with Crippen LogP contribution in [-0.4, -0.2) is 45.9 Å². The molecule has 0 aromatic heterocycles. The van der Waals surface area contributed by atoms with E-state index in [2.05, 4.69) is 15.4 Å². The lowest BCUT2D eigenvalue weighted by atomic mass is 10.2. The molecule has 9 nitrogen and oxygen atoms in total. The summed E-state index contributed by atoms with van der Waals surface area (Å²) in [6.07, 6.45) is 0.